The Kier molecular flexibility index (Phi) is 6.46. The molecule has 1 heterocycles. The summed E-state index contributed by atoms with van der Waals surface area (Å²) in [4.78, 5) is 0. The first-order chi connectivity index (χ1) is 15.2. The van der Waals surface area contributed by atoms with Crippen LogP contribution in [0.1, 0.15) is 111 Å². The Labute approximate surface area is 187 Å². The molecule has 31 heavy (non-hydrogen) atoms. The monoisotopic (exact) mass is 419 g/mol. The number of rotatable bonds is 5. The molecule has 1 saturated heterocycles. The SMILES string of the molecule is FC(c1ccc(C2CCCCC2)cc1)(c1ccc(C2CCCCC2)cc1)[C@H]1CCCN1. The molecule has 1 atom stereocenters. The second kappa shape index (κ2) is 9.45. The van der Waals surface area contributed by atoms with Crippen molar-refractivity contribution in [1.29, 1.82) is 0 Å². The lowest BCUT2D eigenvalue weighted by atomic mass is 9.78. The average molecular weight is 420 g/mol. The number of hydrogen-bond acceptors (Lipinski definition) is 1. The predicted molar refractivity (Wildman–Crippen MR) is 127 cm³/mol. The molecule has 1 aliphatic heterocycles. The van der Waals surface area contributed by atoms with Gasteiger partial charge in [-0.2, -0.15) is 0 Å². The van der Waals surface area contributed by atoms with Crippen molar-refractivity contribution in [2.45, 2.75) is 101 Å². The van der Waals surface area contributed by atoms with Gasteiger partial charge in [-0.15, -0.1) is 0 Å². The molecule has 3 aliphatic rings. The normalized spacial score (nSPS) is 23.8. The lowest BCUT2D eigenvalue weighted by Gasteiger charge is -2.33. The summed E-state index contributed by atoms with van der Waals surface area (Å²) in [6.07, 6.45) is 15.1. The maximum atomic E-state index is 17.0. The first-order valence-electron chi connectivity index (χ1n) is 12.9. The molecule has 1 N–H and O–H groups in total. The summed E-state index contributed by atoms with van der Waals surface area (Å²) in [5, 5.41) is 3.48. The van der Waals surface area contributed by atoms with E-state index in [4.69, 9.17) is 0 Å². The van der Waals surface area contributed by atoms with Crippen molar-refractivity contribution in [3.05, 3.63) is 70.8 Å². The fourth-order valence-electron chi connectivity index (χ4n) is 6.46. The highest BCUT2D eigenvalue weighted by Gasteiger charge is 2.44. The standard InChI is InChI=1S/C29H38FN/c30-29(28-12-7-21-31-28,26-17-13-24(14-18-26)22-8-3-1-4-9-22)27-19-15-25(16-20-27)23-10-5-2-6-11-23/h13-20,22-23,28,31H,1-12,21H2/t28-/m1/s1. The van der Waals surface area contributed by atoms with E-state index in [0.717, 1.165) is 30.5 Å². The maximum Gasteiger partial charge on any atom is 0.176 e. The van der Waals surface area contributed by atoms with Crippen LogP contribution in [0.2, 0.25) is 0 Å². The topological polar surface area (TPSA) is 12.0 Å². The molecular formula is C29H38FN. The van der Waals surface area contributed by atoms with Crippen LogP contribution in [-0.2, 0) is 5.67 Å². The van der Waals surface area contributed by atoms with Crippen molar-refractivity contribution in [2.24, 2.45) is 0 Å². The van der Waals surface area contributed by atoms with Crippen LogP contribution in [0, 0.1) is 0 Å². The third kappa shape index (κ3) is 4.33. The summed E-state index contributed by atoms with van der Waals surface area (Å²) in [5.74, 6) is 1.33. The molecule has 0 aromatic heterocycles. The van der Waals surface area contributed by atoms with Crippen LogP contribution in [0.5, 0.6) is 0 Å². The molecule has 0 unspecified atom stereocenters. The van der Waals surface area contributed by atoms with Crippen LogP contribution < -0.4 is 5.32 Å². The maximum absolute atomic E-state index is 17.0. The summed E-state index contributed by atoms with van der Waals surface area (Å²) < 4.78 is 17.0. The number of halogens is 1. The molecular weight excluding hydrogens is 381 g/mol. The molecule has 0 bridgehead atoms. The van der Waals surface area contributed by atoms with E-state index in [-0.39, 0.29) is 6.04 Å². The number of alkyl halides is 1. The van der Waals surface area contributed by atoms with Crippen molar-refractivity contribution in [1.82, 2.24) is 5.32 Å². The highest BCUT2D eigenvalue weighted by Crippen LogP contribution is 2.42. The van der Waals surface area contributed by atoms with Gasteiger partial charge in [0.05, 0.1) is 0 Å². The van der Waals surface area contributed by atoms with Crippen LogP contribution in [0.4, 0.5) is 4.39 Å². The second-order valence-electron chi connectivity index (χ2n) is 10.3. The van der Waals surface area contributed by atoms with Gasteiger partial charge in [0.15, 0.2) is 5.67 Å². The largest absolute Gasteiger partial charge is 0.310 e. The van der Waals surface area contributed by atoms with Crippen molar-refractivity contribution in [3.8, 4) is 0 Å². The van der Waals surface area contributed by atoms with Gasteiger partial charge in [-0.05, 0) is 79.2 Å². The van der Waals surface area contributed by atoms with Crippen molar-refractivity contribution >= 4 is 0 Å². The molecule has 5 rings (SSSR count). The van der Waals surface area contributed by atoms with Crippen LogP contribution in [0.15, 0.2) is 48.5 Å². The number of hydrogen-bond donors (Lipinski definition) is 1. The van der Waals surface area contributed by atoms with Gasteiger partial charge in [-0.3, -0.25) is 0 Å². The van der Waals surface area contributed by atoms with Gasteiger partial charge < -0.3 is 5.32 Å². The van der Waals surface area contributed by atoms with E-state index in [1.165, 1.54) is 75.3 Å². The molecule has 3 fully saturated rings. The van der Waals surface area contributed by atoms with E-state index in [1.54, 1.807) is 0 Å². The summed E-state index contributed by atoms with van der Waals surface area (Å²) in [6, 6.07) is 17.0. The van der Waals surface area contributed by atoms with E-state index in [1.807, 2.05) is 0 Å². The smallest absolute Gasteiger partial charge is 0.176 e. The molecule has 0 amide bonds. The lowest BCUT2D eigenvalue weighted by Crippen LogP contribution is -2.42. The van der Waals surface area contributed by atoms with Gasteiger partial charge in [0.1, 0.15) is 0 Å². The molecule has 2 heteroatoms. The molecule has 2 saturated carbocycles. The minimum Gasteiger partial charge on any atom is -0.310 e. The minimum atomic E-state index is -1.47. The van der Waals surface area contributed by atoms with Gasteiger partial charge >= 0.3 is 0 Å². The average Bonchev–Trinajstić information content (AvgIpc) is 3.41. The Bertz CT molecular complexity index is 761. The summed E-state index contributed by atoms with van der Waals surface area (Å²) in [7, 11) is 0. The number of nitrogens with one attached hydrogen (secondary N) is 1. The van der Waals surface area contributed by atoms with Crippen LogP contribution >= 0.6 is 0 Å². The van der Waals surface area contributed by atoms with Gasteiger partial charge in [-0.25, -0.2) is 4.39 Å². The third-order valence-electron chi connectivity index (χ3n) is 8.36. The molecule has 0 radical (unpaired) electrons. The Morgan fingerprint density at radius 2 is 1.03 bits per heavy atom. The van der Waals surface area contributed by atoms with Gasteiger partial charge in [0.2, 0.25) is 0 Å². The van der Waals surface area contributed by atoms with Crippen molar-refractivity contribution in [3.63, 3.8) is 0 Å². The highest BCUT2D eigenvalue weighted by molar-refractivity contribution is 5.42. The second-order valence-corrected chi connectivity index (χ2v) is 10.3. The minimum absolute atomic E-state index is 0.145. The zero-order valence-corrected chi connectivity index (χ0v) is 18.9. The van der Waals surface area contributed by atoms with E-state index in [9.17, 15) is 0 Å². The number of benzene rings is 2. The molecule has 2 aliphatic carbocycles. The van der Waals surface area contributed by atoms with Crippen molar-refractivity contribution < 1.29 is 4.39 Å². The zero-order valence-electron chi connectivity index (χ0n) is 18.9. The van der Waals surface area contributed by atoms with Gasteiger partial charge in [0.25, 0.3) is 0 Å². The fourth-order valence-corrected chi connectivity index (χ4v) is 6.46. The van der Waals surface area contributed by atoms with E-state index >= 15 is 4.39 Å². The fraction of sp³-hybridized carbons (Fsp3) is 0.586. The first-order valence-corrected chi connectivity index (χ1v) is 12.9. The summed E-state index contributed by atoms with van der Waals surface area (Å²) >= 11 is 0. The van der Waals surface area contributed by atoms with Crippen LogP contribution in [0.25, 0.3) is 0 Å². The molecule has 1 nitrogen and oxygen atoms in total. The van der Waals surface area contributed by atoms with E-state index in [2.05, 4.69) is 53.8 Å². The van der Waals surface area contributed by atoms with Crippen LogP contribution in [-0.4, -0.2) is 12.6 Å². The lowest BCUT2D eigenvalue weighted by molar-refractivity contribution is 0.163. The Morgan fingerprint density at radius 1 is 0.581 bits per heavy atom. The molecule has 0 spiro atoms. The first kappa shape index (κ1) is 21.2. The van der Waals surface area contributed by atoms with Gasteiger partial charge in [-0.1, -0.05) is 87.1 Å². The zero-order chi connectivity index (χ0) is 21.1. The molecule has 2 aromatic rings. The molecule has 2 aromatic carbocycles. The van der Waals surface area contributed by atoms with E-state index < -0.39 is 5.67 Å². The Morgan fingerprint density at radius 3 is 1.42 bits per heavy atom. The van der Waals surface area contributed by atoms with Crippen molar-refractivity contribution in [2.75, 3.05) is 6.54 Å². The summed E-state index contributed by atoms with van der Waals surface area (Å²) in [5.41, 5.74) is 2.97. The highest BCUT2D eigenvalue weighted by atomic mass is 19.1. The van der Waals surface area contributed by atoms with Crippen LogP contribution in [0.3, 0.4) is 0 Å². The summed E-state index contributed by atoms with van der Waals surface area (Å²) in [6.45, 7) is 0.913. The van der Waals surface area contributed by atoms with E-state index in [0.29, 0.717) is 11.8 Å². The quantitative estimate of drug-likeness (QED) is 0.522. The third-order valence-corrected chi connectivity index (χ3v) is 8.36. The Hall–Kier alpha value is -1.67. The molecule has 166 valence electrons. The Balaban J connectivity index is 1.43. The predicted octanol–water partition coefficient (Wildman–Crippen LogP) is 7.75. The van der Waals surface area contributed by atoms with Gasteiger partial charge in [0, 0.05) is 6.04 Å².